The predicted octanol–water partition coefficient (Wildman–Crippen LogP) is 2.95. The van der Waals surface area contributed by atoms with Crippen molar-refractivity contribution in [1.82, 2.24) is 0 Å². The average Bonchev–Trinajstić information content (AvgIpc) is 2.40. The summed E-state index contributed by atoms with van der Waals surface area (Å²) in [5.41, 5.74) is 0. The smallest absolute Gasteiger partial charge is 0.160 e. The van der Waals surface area contributed by atoms with Crippen molar-refractivity contribution >= 4 is 11.8 Å². The summed E-state index contributed by atoms with van der Waals surface area (Å²) in [5, 5.41) is 1.37. The van der Waals surface area contributed by atoms with Gasteiger partial charge in [-0.25, -0.2) is 0 Å². The van der Waals surface area contributed by atoms with Gasteiger partial charge in [-0.3, -0.25) is 0 Å². The van der Waals surface area contributed by atoms with Crippen LogP contribution in [0.5, 0.6) is 0 Å². The van der Waals surface area contributed by atoms with Crippen LogP contribution in [0.1, 0.15) is 6.92 Å². The molecule has 1 rings (SSSR count). The van der Waals surface area contributed by atoms with Gasteiger partial charge in [-0.05, 0) is 19.1 Å². The lowest BCUT2D eigenvalue weighted by molar-refractivity contribution is 0.474. The number of hydrogen-bond donors (Lipinski definition) is 0. The molecule has 0 aromatic carbocycles. The SMILES string of the molecule is C=CC(C)Sc1ccco1. The summed E-state index contributed by atoms with van der Waals surface area (Å²) in [6, 6.07) is 3.84. The highest BCUT2D eigenvalue weighted by Crippen LogP contribution is 2.23. The third-order valence-electron chi connectivity index (χ3n) is 1.13. The number of thioether (sulfide) groups is 1. The Balaban J connectivity index is 2.47. The number of furan rings is 1. The van der Waals surface area contributed by atoms with Gasteiger partial charge in [0.25, 0.3) is 0 Å². The second-order valence-electron chi connectivity index (χ2n) is 1.99. The fourth-order valence-corrected chi connectivity index (χ4v) is 1.29. The van der Waals surface area contributed by atoms with Gasteiger partial charge in [0.1, 0.15) is 0 Å². The fourth-order valence-electron chi connectivity index (χ4n) is 0.562. The van der Waals surface area contributed by atoms with Gasteiger partial charge in [0.2, 0.25) is 0 Å². The summed E-state index contributed by atoms with van der Waals surface area (Å²) in [6.45, 7) is 5.76. The molecule has 1 unspecified atom stereocenters. The van der Waals surface area contributed by atoms with Gasteiger partial charge in [-0.15, -0.1) is 6.58 Å². The Morgan fingerprint density at radius 2 is 2.60 bits per heavy atom. The van der Waals surface area contributed by atoms with E-state index in [1.807, 2.05) is 18.2 Å². The third-order valence-corrected chi connectivity index (χ3v) is 2.16. The highest BCUT2D eigenvalue weighted by atomic mass is 32.2. The Hall–Kier alpha value is -0.630. The van der Waals surface area contributed by atoms with Gasteiger partial charge in [-0.2, -0.15) is 0 Å². The molecule has 0 saturated carbocycles. The van der Waals surface area contributed by atoms with Gasteiger partial charge in [-0.1, -0.05) is 17.8 Å². The van der Waals surface area contributed by atoms with E-state index in [0.29, 0.717) is 5.25 Å². The fraction of sp³-hybridized carbons (Fsp3) is 0.250. The quantitative estimate of drug-likeness (QED) is 0.490. The maximum Gasteiger partial charge on any atom is 0.160 e. The summed E-state index contributed by atoms with van der Waals surface area (Å²) in [5.74, 6) is 0. The van der Waals surface area contributed by atoms with Crippen molar-refractivity contribution in [3.63, 3.8) is 0 Å². The van der Waals surface area contributed by atoms with E-state index in [2.05, 4.69) is 13.5 Å². The molecule has 0 aliphatic heterocycles. The average molecular weight is 154 g/mol. The van der Waals surface area contributed by atoms with Crippen LogP contribution >= 0.6 is 11.8 Å². The first-order valence-electron chi connectivity index (χ1n) is 3.15. The Kier molecular flexibility index (Phi) is 2.63. The van der Waals surface area contributed by atoms with Crippen molar-refractivity contribution < 1.29 is 4.42 Å². The largest absolute Gasteiger partial charge is 0.458 e. The minimum absolute atomic E-state index is 0.422. The summed E-state index contributed by atoms with van der Waals surface area (Å²) in [4.78, 5) is 0. The van der Waals surface area contributed by atoms with Crippen LogP contribution < -0.4 is 0 Å². The van der Waals surface area contributed by atoms with Crippen molar-refractivity contribution in [3.05, 3.63) is 31.1 Å². The highest BCUT2D eigenvalue weighted by Gasteiger charge is 2.00. The maximum atomic E-state index is 5.12. The normalized spacial score (nSPS) is 12.9. The Morgan fingerprint density at radius 3 is 3.10 bits per heavy atom. The zero-order chi connectivity index (χ0) is 7.40. The Labute approximate surface area is 65.1 Å². The summed E-state index contributed by atoms with van der Waals surface area (Å²) in [7, 11) is 0. The molecule has 0 amide bonds. The lowest BCUT2D eigenvalue weighted by Crippen LogP contribution is -1.85. The van der Waals surface area contributed by atoms with Crippen LogP contribution in [0, 0.1) is 0 Å². The molecule has 2 heteroatoms. The molecule has 0 aliphatic rings. The number of hydrogen-bond acceptors (Lipinski definition) is 2. The van der Waals surface area contributed by atoms with Crippen LogP contribution in [-0.4, -0.2) is 5.25 Å². The molecule has 0 spiro atoms. The zero-order valence-electron chi connectivity index (χ0n) is 5.91. The summed E-state index contributed by atoms with van der Waals surface area (Å²) >= 11 is 1.67. The van der Waals surface area contributed by atoms with E-state index in [1.54, 1.807) is 18.0 Å². The van der Waals surface area contributed by atoms with Crippen molar-refractivity contribution in [1.29, 1.82) is 0 Å². The van der Waals surface area contributed by atoms with Gasteiger partial charge in [0.15, 0.2) is 5.09 Å². The van der Waals surface area contributed by atoms with E-state index in [1.165, 1.54) is 0 Å². The lowest BCUT2D eigenvalue weighted by atomic mass is 10.5. The molecule has 0 bridgehead atoms. The van der Waals surface area contributed by atoms with E-state index in [4.69, 9.17) is 4.42 Å². The van der Waals surface area contributed by atoms with Crippen LogP contribution in [0.2, 0.25) is 0 Å². The first-order chi connectivity index (χ1) is 4.83. The predicted molar refractivity (Wildman–Crippen MR) is 44.2 cm³/mol. The monoisotopic (exact) mass is 154 g/mol. The van der Waals surface area contributed by atoms with Crippen molar-refractivity contribution in [2.75, 3.05) is 0 Å². The van der Waals surface area contributed by atoms with Crippen LogP contribution in [0.15, 0.2) is 40.6 Å². The summed E-state index contributed by atoms with van der Waals surface area (Å²) in [6.07, 6.45) is 3.57. The van der Waals surface area contributed by atoms with Crippen LogP contribution in [0.25, 0.3) is 0 Å². The van der Waals surface area contributed by atoms with E-state index in [0.717, 1.165) is 5.09 Å². The molecule has 1 nitrogen and oxygen atoms in total. The Morgan fingerprint density at radius 1 is 1.80 bits per heavy atom. The molecular formula is C8H10OS. The zero-order valence-corrected chi connectivity index (χ0v) is 6.73. The molecule has 1 aromatic heterocycles. The first-order valence-corrected chi connectivity index (χ1v) is 4.03. The molecule has 0 radical (unpaired) electrons. The number of rotatable bonds is 3. The topological polar surface area (TPSA) is 13.1 Å². The molecule has 54 valence electrons. The van der Waals surface area contributed by atoms with E-state index < -0.39 is 0 Å². The first kappa shape index (κ1) is 7.48. The standard InChI is InChI=1S/C8H10OS/c1-3-7(2)10-8-5-4-6-9-8/h3-7H,1H2,2H3. The van der Waals surface area contributed by atoms with Gasteiger partial charge in [0, 0.05) is 5.25 Å². The Bertz CT molecular complexity index is 191. The van der Waals surface area contributed by atoms with Crippen molar-refractivity contribution in [2.24, 2.45) is 0 Å². The van der Waals surface area contributed by atoms with E-state index in [9.17, 15) is 0 Å². The molecule has 0 fully saturated rings. The van der Waals surface area contributed by atoms with Gasteiger partial charge >= 0.3 is 0 Å². The van der Waals surface area contributed by atoms with Gasteiger partial charge in [0.05, 0.1) is 6.26 Å². The minimum atomic E-state index is 0.422. The molecule has 1 atom stereocenters. The molecule has 1 aromatic rings. The maximum absolute atomic E-state index is 5.12. The van der Waals surface area contributed by atoms with Crippen LogP contribution in [0.3, 0.4) is 0 Å². The van der Waals surface area contributed by atoms with E-state index in [-0.39, 0.29) is 0 Å². The van der Waals surface area contributed by atoms with Crippen LogP contribution in [0.4, 0.5) is 0 Å². The lowest BCUT2D eigenvalue weighted by Gasteiger charge is -1.99. The molecule has 0 aliphatic carbocycles. The van der Waals surface area contributed by atoms with Crippen molar-refractivity contribution in [2.45, 2.75) is 17.3 Å². The second kappa shape index (κ2) is 3.52. The minimum Gasteiger partial charge on any atom is -0.458 e. The molecule has 0 saturated heterocycles. The van der Waals surface area contributed by atoms with E-state index >= 15 is 0 Å². The third kappa shape index (κ3) is 1.95. The summed E-state index contributed by atoms with van der Waals surface area (Å²) < 4.78 is 5.12. The molecule has 1 heterocycles. The molecule has 0 N–H and O–H groups in total. The van der Waals surface area contributed by atoms with Crippen molar-refractivity contribution in [3.8, 4) is 0 Å². The highest BCUT2D eigenvalue weighted by molar-refractivity contribution is 7.99. The molecule has 10 heavy (non-hydrogen) atoms. The van der Waals surface area contributed by atoms with Gasteiger partial charge < -0.3 is 4.42 Å². The molecular weight excluding hydrogens is 144 g/mol. The second-order valence-corrected chi connectivity index (χ2v) is 3.37. The van der Waals surface area contributed by atoms with Crippen LogP contribution in [-0.2, 0) is 0 Å².